The summed E-state index contributed by atoms with van der Waals surface area (Å²) in [4.78, 5) is 165. The van der Waals surface area contributed by atoms with Gasteiger partial charge in [0.25, 0.3) is 0 Å². The highest BCUT2D eigenvalue weighted by atomic mass is 16.2. The van der Waals surface area contributed by atoms with Gasteiger partial charge in [0.15, 0.2) is 11.9 Å². The summed E-state index contributed by atoms with van der Waals surface area (Å²) >= 11 is 0. The van der Waals surface area contributed by atoms with Crippen LogP contribution in [0.5, 0.6) is 0 Å². The van der Waals surface area contributed by atoms with Gasteiger partial charge in [0.05, 0.1) is 13.0 Å². The highest BCUT2D eigenvalue weighted by Gasteiger charge is 2.43. The van der Waals surface area contributed by atoms with Crippen molar-refractivity contribution < 1.29 is 52.7 Å². The number of benzene rings is 2. The minimum Gasteiger partial charge on any atom is -0.370 e. The molecule has 11 amide bonds. The molecule has 2 bridgehead atoms. The summed E-state index contributed by atoms with van der Waals surface area (Å²) < 4.78 is 0. The number of para-hydroxylation sites is 1. The SMILES string of the molecule is CC(=O)N[C@@H](CCCN=C(N)N)C(=O)N[C@H]1CC(=O)NCCCC(C(N)=O)NC(=O)[C@H](Cc2c[nH]c3ccccc23)NC(=O)[C@H]2CN(C(=O)[C@@H](Cc3ccccc3)NC(=O)[C@H](CCC(N)=O)NC1=O)[C@@H](CCCN=C(N)N)C(=O)N2. The molecule has 21 N–H and O–H groups in total. The van der Waals surface area contributed by atoms with Crippen molar-refractivity contribution in [3.8, 4) is 0 Å². The Morgan fingerprint density at radius 2 is 1.36 bits per heavy atom. The number of primary amides is 2. The summed E-state index contributed by atoms with van der Waals surface area (Å²) in [6.07, 6.45) is -0.326. The second-order valence-corrected chi connectivity index (χ2v) is 19.4. The predicted molar refractivity (Wildman–Crippen MR) is 291 cm³/mol. The Labute approximate surface area is 460 Å². The molecule has 2 aliphatic rings. The minimum absolute atomic E-state index is 0.00727. The van der Waals surface area contributed by atoms with E-state index in [0.717, 1.165) is 17.3 Å². The lowest BCUT2D eigenvalue weighted by Gasteiger charge is -2.41. The largest absolute Gasteiger partial charge is 0.370 e. The lowest BCUT2D eigenvalue weighted by Crippen LogP contribution is -2.68. The van der Waals surface area contributed by atoms with Crippen molar-refractivity contribution in [1.29, 1.82) is 0 Å². The van der Waals surface area contributed by atoms with E-state index in [1.165, 1.54) is 0 Å². The number of amides is 11. The zero-order chi connectivity index (χ0) is 58.5. The van der Waals surface area contributed by atoms with Crippen LogP contribution in [0, 0.1) is 0 Å². The Bertz CT molecular complexity index is 2800. The van der Waals surface area contributed by atoms with E-state index < -0.39 is 139 Å². The molecule has 0 saturated carbocycles. The number of carbonyl (C=O) groups is 11. The summed E-state index contributed by atoms with van der Waals surface area (Å²) in [5, 5.41) is 21.4. The van der Waals surface area contributed by atoms with Crippen molar-refractivity contribution in [3.63, 3.8) is 0 Å². The summed E-state index contributed by atoms with van der Waals surface area (Å²) in [5.41, 5.74) is 35.1. The molecule has 432 valence electrons. The van der Waals surface area contributed by atoms with Gasteiger partial charge in [-0.25, -0.2) is 0 Å². The van der Waals surface area contributed by atoms with Crippen molar-refractivity contribution in [2.75, 3.05) is 26.2 Å². The van der Waals surface area contributed by atoms with Gasteiger partial charge in [0.2, 0.25) is 65.0 Å². The average Bonchev–Trinajstić information content (AvgIpc) is 3.82. The summed E-state index contributed by atoms with van der Waals surface area (Å²) in [6, 6.07) is 3.69. The highest BCUT2D eigenvalue weighted by Crippen LogP contribution is 2.22. The monoisotopic (exact) mass is 1110 g/mol. The fourth-order valence-electron chi connectivity index (χ4n) is 9.15. The van der Waals surface area contributed by atoms with Gasteiger partial charge in [-0.15, -0.1) is 0 Å². The first-order valence-corrected chi connectivity index (χ1v) is 26.0. The van der Waals surface area contributed by atoms with Crippen LogP contribution in [-0.4, -0.2) is 161 Å². The van der Waals surface area contributed by atoms with Gasteiger partial charge < -0.3 is 86.8 Å². The number of aliphatic imine (C=N–C) groups is 2. The summed E-state index contributed by atoms with van der Waals surface area (Å²) in [6.45, 7) is 0.587. The van der Waals surface area contributed by atoms with Crippen LogP contribution < -0.4 is 76.9 Å². The van der Waals surface area contributed by atoms with Crippen molar-refractivity contribution in [3.05, 3.63) is 71.9 Å². The molecule has 2 aliphatic heterocycles. The Kier molecular flexibility index (Phi) is 23.1. The Morgan fingerprint density at radius 1 is 0.713 bits per heavy atom. The van der Waals surface area contributed by atoms with Crippen LogP contribution in [0.25, 0.3) is 10.9 Å². The highest BCUT2D eigenvalue weighted by molar-refractivity contribution is 6.00. The predicted octanol–water partition coefficient (Wildman–Crippen LogP) is -5.26. The first-order valence-electron chi connectivity index (χ1n) is 26.0. The van der Waals surface area contributed by atoms with E-state index in [4.69, 9.17) is 34.4 Å². The number of piperazine rings is 1. The molecule has 5 rings (SSSR count). The molecule has 29 heteroatoms. The zero-order valence-electron chi connectivity index (χ0n) is 44.3. The summed E-state index contributed by atoms with van der Waals surface area (Å²) in [5.74, 6) is -10.2. The smallest absolute Gasteiger partial charge is 0.246 e. The lowest BCUT2D eigenvalue weighted by atomic mass is 9.98. The van der Waals surface area contributed by atoms with E-state index in [0.29, 0.717) is 16.5 Å². The molecule has 0 radical (unpaired) electrons. The van der Waals surface area contributed by atoms with E-state index >= 15 is 4.79 Å². The Balaban J connectivity index is 1.59. The number of aromatic amines is 1. The maximum atomic E-state index is 15.3. The van der Waals surface area contributed by atoms with E-state index in [9.17, 15) is 47.9 Å². The average molecular weight is 1110 g/mol. The number of guanidine groups is 2. The van der Waals surface area contributed by atoms with E-state index in [1.807, 2.05) is 0 Å². The number of carbonyl (C=O) groups excluding carboxylic acids is 11. The van der Waals surface area contributed by atoms with Crippen molar-refractivity contribution in [1.82, 2.24) is 52.4 Å². The molecule has 2 saturated heterocycles. The number of hydrogen-bond donors (Lipinski definition) is 15. The number of H-pyrrole nitrogens is 1. The molecule has 2 fully saturated rings. The van der Waals surface area contributed by atoms with Crippen LogP contribution in [0.2, 0.25) is 0 Å². The van der Waals surface area contributed by atoms with E-state index in [1.54, 1.807) is 60.8 Å². The second-order valence-electron chi connectivity index (χ2n) is 19.4. The van der Waals surface area contributed by atoms with Crippen LogP contribution >= 0.6 is 0 Å². The fraction of sp³-hybridized carbons (Fsp3) is 0.471. The molecule has 2 aromatic carbocycles. The number of aromatic nitrogens is 1. The molecule has 0 aliphatic carbocycles. The van der Waals surface area contributed by atoms with Crippen LogP contribution in [0.3, 0.4) is 0 Å². The van der Waals surface area contributed by atoms with Gasteiger partial charge in [-0.3, -0.25) is 62.7 Å². The lowest BCUT2D eigenvalue weighted by molar-refractivity contribution is -0.150. The Hall–Kier alpha value is -9.31. The number of nitrogens with two attached hydrogens (primary N) is 6. The third kappa shape index (κ3) is 19.0. The quantitative estimate of drug-likeness (QED) is 0.0303. The van der Waals surface area contributed by atoms with Crippen LogP contribution in [-0.2, 0) is 65.6 Å². The van der Waals surface area contributed by atoms with Gasteiger partial charge >= 0.3 is 0 Å². The standard InChI is InChI=1S/C51H72N18O11/c1-27(70)62-33(15-8-20-59-50(54)55)43(74)66-36-24-41(72)58-19-7-14-32(42(53)73)63-45(76)35(23-29-25-61-31-13-6-5-12-30(29)31)65-47(78)38-26-69(39(48(79)68-38)16-9-21-60-51(56)57)49(80)37(22-28-10-3-2-4-11-28)67-44(75)34(64-46(36)77)17-18-40(52)71/h2-6,10-13,25,32-39,61H,7-9,14-24,26H2,1H3,(H2,52,71)(H2,53,73)(H,58,72)(H,62,70)(H,63,76)(H,64,77)(H,65,78)(H,66,74)(H,67,75)(H,68,79)(H4,54,55,59)(H4,56,57,60)/t32?,33-,34-,35-,36-,37+,38+,39-/m0/s1. The van der Waals surface area contributed by atoms with Crippen LogP contribution in [0.15, 0.2) is 70.8 Å². The van der Waals surface area contributed by atoms with Crippen LogP contribution in [0.1, 0.15) is 75.8 Å². The first kappa shape index (κ1) is 61.5. The van der Waals surface area contributed by atoms with Gasteiger partial charge in [0.1, 0.15) is 48.3 Å². The molecule has 1 unspecified atom stereocenters. The maximum Gasteiger partial charge on any atom is 0.246 e. The topological polar surface area (TPSA) is 484 Å². The number of rotatable bonds is 19. The minimum atomic E-state index is -1.77. The molecule has 3 aromatic rings. The zero-order valence-corrected chi connectivity index (χ0v) is 44.3. The summed E-state index contributed by atoms with van der Waals surface area (Å²) in [7, 11) is 0. The molecule has 3 heterocycles. The van der Waals surface area contributed by atoms with Crippen molar-refractivity contribution in [2.45, 2.75) is 126 Å². The molecular formula is C51H72N18O11. The third-order valence-corrected chi connectivity index (χ3v) is 13.2. The first-order chi connectivity index (χ1) is 38.1. The van der Waals surface area contributed by atoms with E-state index in [-0.39, 0.29) is 82.9 Å². The molecule has 29 nitrogen and oxygen atoms in total. The third-order valence-electron chi connectivity index (χ3n) is 13.2. The number of fused-ring (bicyclic) bond motifs is 3. The van der Waals surface area contributed by atoms with Gasteiger partial charge in [-0.05, 0) is 62.1 Å². The Morgan fingerprint density at radius 3 is 2.04 bits per heavy atom. The van der Waals surface area contributed by atoms with E-state index in [2.05, 4.69) is 57.5 Å². The number of nitrogens with one attached hydrogen (secondary N) is 9. The fourth-order valence-corrected chi connectivity index (χ4v) is 9.15. The maximum absolute atomic E-state index is 15.3. The number of nitrogens with zero attached hydrogens (tertiary/aromatic N) is 3. The van der Waals surface area contributed by atoms with Gasteiger partial charge in [0, 0.05) is 62.9 Å². The molecule has 1 aromatic heterocycles. The molecule has 8 atom stereocenters. The molecular weight excluding hydrogens is 1040 g/mol. The van der Waals surface area contributed by atoms with Gasteiger partial charge in [-0.2, -0.15) is 0 Å². The van der Waals surface area contributed by atoms with Gasteiger partial charge in [-0.1, -0.05) is 48.5 Å². The second kappa shape index (κ2) is 30.0. The number of hydrogen-bond acceptors (Lipinski definition) is 13. The normalized spacial score (nSPS) is 22.1. The van der Waals surface area contributed by atoms with Crippen molar-refractivity contribution in [2.24, 2.45) is 44.4 Å². The van der Waals surface area contributed by atoms with Crippen molar-refractivity contribution >= 4 is 87.8 Å². The van der Waals surface area contributed by atoms with Crippen LogP contribution in [0.4, 0.5) is 0 Å². The molecule has 80 heavy (non-hydrogen) atoms. The molecule has 0 spiro atoms.